The van der Waals surface area contributed by atoms with Crippen molar-refractivity contribution < 1.29 is 44.6 Å². The van der Waals surface area contributed by atoms with E-state index in [-0.39, 0.29) is 55.9 Å². The van der Waals surface area contributed by atoms with Gasteiger partial charge in [-0.25, -0.2) is 9.18 Å². The van der Waals surface area contributed by atoms with E-state index in [1.165, 1.54) is 19.2 Å². The van der Waals surface area contributed by atoms with Crippen molar-refractivity contribution in [2.24, 2.45) is 4.99 Å². The molecule has 7 nitrogen and oxygen atoms in total. The van der Waals surface area contributed by atoms with Crippen LogP contribution < -0.4 is 5.11 Å². The van der Waals surface area contributed by atoms with Crippen LogP contribution in [0.3, 0.4) is 0 Å². The maximum absolute atomic E-state index is 13.4. The maximum Gasteiger partial charge on any atom is 5.00 e. The first-order chi connectivity index (χ1) is 16.0. The summed E-state index contributed by atoms with van der Waals surface area (Å²) in [5.41, 5.74) is 2.54. The number of esters is 1. The molecule has 0 N–H and O–H groups in total. The van der Waals surface area contributed by atoms with Crippen LogP contribution >= 0.6 is 0 Å². The Morgan fingerprint density at radius 1 is 1.23 bits per heavy atom. The van der Waals surface area contributed by atoms with Crippen molar-refractivity contribution in [1.29, 1.82) is 0 Å². The molecule has 3 rings (SSSR count). The Morgan fingerprint density at radius 3 is 2.57 bits per heavy atom. The van der Waals surface area contributed by atoms with Gasteiger partial charge in [-0.3, -0.25) is 4.90 Å². The van der Waals surface area contributed by atoms with Gasteiger partial charge in [0.15, 0.2) is 0 Å². The van der Waals surface area contributed by atoms with Gasteiger partial charge in [0.1, 0.15) is 5.82 Å². The average Bonchev–Trinajstić information content (AvgIpc) is 3.08. The number of hydrogen-bond donors (Lipinski definition) is 0. The number of hydrogen-bond acceptors (Lipinski definition) is 8. The largest absolute Gasteiger partial charge is 5.00 e. The van der Waals surface area contributed by atoms with E-state index < -0.39 is 0 Å². The van der Waals surface area contributed by atoms with Crippen LogP contribution in [0.5, 0.6) is 0 Å². The molecule has 1 saturated heterocycles. The van der Waals surface area contributed by atoms with Gasteiger partial charge in [0, 0.05) is 31.7 Å². The molecule has 2 aliphatic rings. The number of carbonyl (C=O) groups is 1. The standard InChI is InChI=1S/C24H34FN3O3S2.O.Tc/c1-31-24(30)23-20(17-3-5-18(25)6-4-17)15-19-7-8-21(23)28(19)11-2-10-27(12-14-33)16-22(29)26-9-13-32;;/h3-6,19,21,32-33H,2,7-16H2,1H3,(H,26,29);;/q;-2;+5/p-3/t19?,21-;;/m1../s1. The monoisotopic (exact) mass is 605 g/mol. The van der Waals surface area contributed by atoms with Crippen molar-refractivity contribution in [3.8, 4) is 0 Å². The second-order valence-corrected chi connectivity index (χ2v) is 9.21. The third-order valence-electron chi connectivity index (χ3n) is 6.38. The van der Waals surface area contributed by atoms with Crippen LogP contribution in [0.1, 0.15) is 31.2 Å². The molecule has 11 heteroatoms. The summed E-state index contributed by atoms with van der Waals surface area (Å²) in [5, 5.41) is 12.0. The van der Waals surface area contributed by atoms with Gasteiger partial charge in [-0.2, -0.15) is 11.5 Å². The van der Waals surface area contributed by atoms with E-state index in [0.717, 1.165) is 49.9 Å². The Kier molecular flexibility index (Phi) is 14.7. The van der Waals surface area contributed by atoms with Crippen molar-refractivity contribution in [2.75, 3.05) is 51.3 Å². The number of methoxy groups -OCH3 is 1. The molecule has 2 atom stereocenters. The number of ether oxygens (including phenoxy) is 1. The Morgan fingerprint density at radius 2 is 1.94 bits per heavy atom. The van der Waals surface area contributed by atoms with Gasteiger partial charge < -0.3 is 50.5 Å². The molecule has 2 heterocycles. The van der Waals surface area contributed by atoms with Crippen LogP contribution in [-0.2, 0) is 60.4 Å². The molecule has 0 aromatic heterocycles. The van der Waals surface area contributed by atoms with Gasteiger partial charge in [0.25, 0.3) is 0 Å². The molecule has 1 fully saturated rings. The van der Waals surface area contributed by atoms with Crippen LogP contribution in [-0.4, -0.2) is 85.1 Å². The second kappa shape index (κ2) is 16.0. The molecule has 0 saturated carbocycles. The Labute approximate surface area is 231 Å². The van der Waals surface area contributed by atoms with Gasteiger partial charge in [-0.15, -0.1) is 0 Å². The molecular weight excluding hydrogens is 575 g/mol. The summed E-state index contributed by atoms with van der Waals surface area (Å²) in [6.07, 6.45) is 3.50. The average molecular weight is 607 g/mol. The molecule has 1 aromatic rings. The number of benzene rings is 1. The first-order valence-electron chi connectivity index (χ1n) is 11.4. The number of carbonyl (C=O) groups excluding carboxylic acids is 1. The molecule has 0 spiro atoms. The third kappa shape index (κ3) is 8.55. The first-order valence-corrected chi connectivity index (χ1v) is 12.6. The molecule has 192 valence electrons. The number of fused-ring (bicyclic) bond motifs is 2. The SMILES string of the molecule is COC(=O)C1=C(c2ccc(F)cc2)CC2CC[C@H]1N2CCCN(CC[S-])CC([O-])=NCC[S-].[O-2].[Tc+5]. The Hall–Kier alpha value is -0.941. The number of nitrogens with zero attached hydrogens (tertiary/aromatic N) is 3. The minimum Gasteiger partial charge on any atom is -2.00 e. The predicted octanol–water partition coefficient (Wildman–Crippen LogP) is 1.41. The number of rotatable bonds is 12. The van der Waals surface area contributed by atoms with E-state index in [0.29, 0.717) is 36.2 Å². The molecule has 2 aliphatic heterocycles. The molecule has 35 heavy (non-hydrogen) atoms. The Bertz CT molecular complexity index is 873. The van der Waals surface area contributed by atoms with Crippen molar-refractivity contribution in [1.82, 2.24) is 9.80 Å². The first kappa shape index (κ1) is 32.1. The fourth-order valence-electron chi connectivity index (χ4n) is 4.93. The van der Waals surface area contributed by atoms with E-state index in [2.05, 4.69) is 14.8 Å². The van der Waals surface area contributed by atoms with Gasteiger partial charge in [-0.05, 0) is 67.9 Å². The van der Waals surface area contributed by atoms with Crippen molar-refractivity contribution >= 4 is 42.7 Å². The minimum atomic E-state index is -0.314. The van der Waals surface area contributed by atoms with Crippen LogP contribution in [0.25, 0.3) is 5.57 Å². The zero-order valence-electron chi connectivity index (χ0n) is 19.8. The zero-order valence-corrected chi connectivity index (χ0v) is 23.3. The molecule has 1 aromatic carbocycles. The fraction of sp³-hybridized carbons (Fsp3) is 0.583. The predicted molar refractivity (Wildman–Crippen MR) is 132 cm³/mol. The summed E-state index contributed by atoms with van der Waals surface area (Å²) in [7, 11) is 1.41. The van der Waals surface area contributed by atoms with Gasteiger partial charge in [0.2, 0.25) is 0 Å². The van der Waals surface area contributed by atoms with Crippen LogP contribution in [0.4, 0.5) is 4.39 Å². The van der Waals surface area contributed by atoms with E-state index in [1.807, 2.05) is 0 Å². The summed E-state index contributed by atoms with van der Waals surface area (Å²) in [6.45, 7) is 2.87. The molecule has 1 unspecified atom stereocenters. The van der Waals surface area contributed by atoms with Crippen molar-refractivity contribution in [3.63, 3.8) is 0 Å². The smallest absolute Gasteiger partial charge is 2.00 e. The fourth-order valence-corrected chi connectivity index (χ4v) is 5.28. The molecule has 2 bridgehead atoms. The molecule has 0 amide bonds. The summed E-state index contributed by atoms with van der Waals surface area (Å²) in [6, 6.07) is 6.67. The third-order valence-corrected chi connectivity index (χ3v) is 6.74. The molecule has 0 aliphatic carbocycles. The number of aliphatic imine (C=N–C) groups is 1. The summed E-state index contributed by atoms with van der Waals surface area (Å²) in [4.78, 5) is 21.2. The van der Waals surface area contributed by atoms with E-state index in [9.17, 15) is 14.3 Å². The normalized spacial score (nSPS) is 20.0. The van der Waals surface area contributed by atoms with Crippen LogP contribution in [0, 0.1) is 5.82 Å². The minimum absolute atomic E-state index is 0. The quantitative estimate of drug-likeness (QED) is 0.154. The van der Waals surface area contributed by atoms with Gasteiger partial charge in [0.05, 0.1) is 12.7 Å². The van der Waals surface area contributed by atoms with Crippen molar-refractivity contribution in [2.45, 2.75) is 37.8 Å². The summed E-state index contributed by atoms with van der Waals surface area (Å²) >= 11 is 9.98. The van der Waals surface area contributed by atoms with Crippen molar-refractivity contribution in [3.05, 3.63) is 41.2 Å². The molecular formula is C24H31FN3O4S2Tc. The van der Waals surface area contributed by atoms with Gasteiger partial charge in [-0.1, -0.05) is 12.1 Å². The second-order valence-electron chi connectivity index (χ2n) is 8.39. The number of halogens is 1. The van der Waals surface area contributed by atoms with E-state index in [4.69, 9.17) is 30.0 Å². The maximum atomic E-state index is 13.4. The van der Waals surface area contributed by atoms with E-state index in [1.54, 1.807) is 12.1 Å². The topological polar surface area (TPSA) is 96.7 Å². The summed E-state index contributed by atoms with van der Waals surface area (Å²) < 4.78 is 18.6. The molecule has 0 radical (unpaired) electrons. The Balaban J connectivity index is 0.00000306. The van der Waals surface area contributed by atoms with Crippen LogP contribution in [0.2, 0.25) is 0 Å². The van der Waals surface area contributed by atoms with Gasteiger partial charge >= 0.3 is 26.1 Å². The van der Waals surface area contributed by atoms with E-state index >= 15 is 0 Å². The zero-order chi connectivity index (χ0) is 23.8. The summed E-state index contributed by atoms with van der Waals surface area (Å²) in [5.74, 6) is 0.242. The van der Waals surface area contributed by atoms with Crippen LogP contribution in [0.15, 0.2) is 34.8 Å².